The second-order valence-corrected chi connectivity index (χ2v) is 7.75. The van der Waals surface area contributed by atoms with Crippen LogP contribution in [0.1, 0.15) is 48.3 Å². The van der Waals surface area contributed by atoms with Gasteiger partial charge in [0.25, 0.3) is 5.91 Å². The number of phenolic OH excluding ortho intramolecular Hbond substituents is 1. The molecule has 3 rings (SSSR count). The van der Waals surface area contributed by atoms with Crippen LogP contribution in [0.3, 0.4) is 0 Å². The number of aromatic nitrogens is 1. The van der Waals surface area contributed by atoms with E-state index in [1.54, 1.807) is 38.1 Å². The van der Waals surface area contributed by atoms with E-state index in [-0.39, 0.29) is 5.52 Å². The van der Waals surface area contributed by atoms with Crippen molar-refractivity contribution in [3.8, 4) is 5.75 Å². The third-order valence-corrected chi connectivity index (χ3v) is 5.59. The monoisotopic (exact) mass is 417 g/mol. The number of aliphatic carboxylic acids is 1. The van der Waals surface area contributed by atoms with E-state index in [1.165, 1.54) is 10.6 Å². The first-order chi connectivity index (χ1) is 13.6. The Bertz CT molecular complexity index is 1120. The van der Waals surface area contributed by atoms with Crippen molar-refractivity contribution < 1.29 is 24.2 Å². The average Bonchev–Trinajstić information content (AvgIpc) is 2.93. The summed E-state index contributed by atoms with van der Waals surface area (Å²) in [6, 6.07) is 8.49. The van der Waals surface area contributed by atoms with E-state index in [2.05, 4.69) is 0 Å². The molecule has 2 aromatic carbocycles. The van der Waals surface area contributed by atoms with E-state index >= 15 is 0 Å². The number of benzene rings is 2. The zero-order chi connectivity index (χ0) is 21.5. The van der Waals surface area contributed by atoms with Gasteiger partial charge in [0.05, 0.1) is 10.9 Å². The van der Waals surface area contributed by atoms with Crippen molar-refractivity contribution in [1.29, 1.82) is 0 Å². The quantitative estimate of drug-likeness (QED) is 0.592. The van der Waals surface area contributed by atoms with Crippen LogP contribution < -0.4 is 0 Å². The molecule has 2 N–H and O–H groups in total. The minimum absolute atomic E-state index is 0.205. The van der Waals surface area contributed by atoms with Crippen molar-refractivity contribution in [2.75, 3.05) is 0 Å². The number of hydrogen-bond acceptors (Lipinski definition) is 3. The minimum atomic E-state index is -1.31. The fourth-order valence-corrected chi connectivity index (χ4v) is 4.07. The maximum absolute atomic E-state index is 14.2. The third-order valence-electron chi connectivity index (χ3n) is 5.34. The second-order valence-electron chi connectivity index (χ2n) is 7.32. The lowest BCUT2D eigenvalue weighted by Gasteiger charge is -2.25. The minimum Gasteiger partial charge on any atom is -0.505 e. The molecule has 29 heavy (non-hydrogen) atoms. The first-order valence-electron chi connectivity index (χ1n) is 9.19. The number of rotatable bonds is 5. The fourth-order valence-electron chi connectivity index (χ4n) is 3.94. The lowest BCUT2D eigenvalue weighted by molar-refractivity contribution is -0.143. The van der Waals surface area contributed by atoms with Crippen LogP contribution in [0, 0.1) is 12.7 Å². The van der Waals surface area contributed by atoms with Crippen LogP contribution in [0.4, 0.5) is 4.39 Å². The largest absolute Gasteiger partial charge is 0.505 e. The molecule has 0 bridgehead atoms. The van der Waals surface area contributed by atoms with Crippen molar-refractivity contribution in [2.24, 2.45) is 0 Å². The number of carbonyl (C=O) groups excluding carboxylic acids is 1. The number of carboxylic acids is 1. The molecule has 0 aliphatic carbocycles. The zero-order valence-electron chi connectivity index (χ0n) is 16.3. The molecule has 0 aliphatic rings. The first-order valence-corrected chi connectivity index (χ1v) is 9.57. The third kappa shape index (κ3) is 3.38. The summed E-state index contributed by atoms with van der Waals surface area (Å²) in [6.07, 6.45) is 0.906. The number of halogens is 2. The molecule has 0 spiro atoms. The van der Waals surface area contributed by atoms with Crippen LogP contribution in [-0.4, -0.2) is 26.7 Å². The number of nitrogens with zero attached hydrogens (tertiary/aromatic N) is 1. The molecular formula is C22H21ClFNO4. The molecule has 0 saturated heterocycles. The molecule has 3 aromatic rings. The van der Waals surface area contributed by atoms with E-state index in [4.69, 9.17) is 11.6 Å². The van der Waals surface area contributed by atoms with Gasteiger partial charge in [-0.25, -0.2) is 4.39 Å². The molecule has 1 atom stereocenters. The SMILES string of the molecule is CCC[C@@](C)(C(=O)O)c1c(C)n(C(=O)c2ccc(Cl)cc2)c2cc(F)c(O)cc12. The zero-order valence-corrected chi connectivity index (χ0v) is 17.0. The molecule has 0 saturated carbocycles. The Morgan fingerprint density at radius 2 is 1.83 bits per heavy atom. The highest BCUT2D eigenvalue weighted by molar-refractivity contribution is 6.30. The van der Waals surface area contributed by atoms with Gasteiger partial charge in [-0.2, -0.15) is 0 Å². The first kappa shape index (κ1) is 20.9. The molecule has 0 radical (unpaired) electrons. The lowest BCUT2D eigenvalue weighted by atomic mass is 9.77. The Hall–Kier alpha value is -2.86. The van der Waals surface area contributed by atoms with E-state index in [9.17, 15) is 24.2 Å². The molecule has 0 aliphatic heterocycles. The van der Waals surface area contributed by atoms with Gasteiger partial charge in [-0.05, 0) is 56.2 Å². The van der Waals surface area contributed by atoms with Gasteiger partial charge in [0.2, 0.25) is 0 Å². The van der Waals surface area contributed by atoms with E-state index in [1.807, 2.05) is 6.92 Å². The normalized spacial score (nSPS) is 13.4. The molecule has 5 nitrogen and oxygen atoms in total. The highest BCUT2D eigenvalue weighted by atomic mass is 35.5. The Kier molecular flexibility index (Phi) is 5.41. The fraction of sp³-hybridized carbons (Fsp3) is 0.273. The van der Waals surface area contributed by atoms with Crippen LogP contribution in [0.5, 0.6) is 5.75 Å². The topological polar surface area (TPSA) is 79.5 Å². The maximum atomic E-state index is 14.2. The summed E-state index contributed by atoms with van der Waals surface area (Å²) in [4.78, 5) is 25.4. The standard InChI is InChI=1S/C22H21ClFNO4/c1-4-9-22(3,21(28)29)19-12(2)25(17-11-16(24)18(26)10-15(17)19)20(27)13-5-7-14(23)8-6-13/h5-8,10-11,26H,4,9H2,1-3H3,(H,28,29)/t22-/m1/s1. The van der Waals surface area contributed by atoms with Gasteiger partial charge in [0.1, 0.15) is 0 Å². The van der Waals surface area contributed by atoms with Crippen molar-refractivity contribution in [3.05, 3.63) is 64.1 Å². The predicted octanol–water partition coefficient (Wildman–Crippen LogP) is 5.28. The van der Waals surface area contributed by atoms with Crippen LogP contribution in [0.25, 0.3) is 10.9 Å². The van der Waals surface area contributed by atoms with E-state index in [0.29, 0.717) is 40.1 Å². The van der Waals surface area contributed by atoms with Gasteiger partial charge in [-0.3, -0.25) is 14.2 Å². The number of fused-ring (bicyclic) bond motifs is 1. The molecular weight excluding hydrogens is 397 g/mol. The molecule has 1 heterocycles. The van der Waals surface area contributed by atoms with Crippen LogP contribution >= 0.6 is 11.6 Å². The van der Waals surface area contributed by atoms with Gasteiger partial charge in [0, 0.05) is 27.7 Å². The molecule has 0 amide bonds. The number of phenols is 1. The summed E-state index contributed by atoms with van der Waals surface area (Å²) in [6.45, 7) is 5.08. The molecule has 152 valence electrons. The predicted molar refractivity (Wildman–Crippen MR) is 109 cm³/mol. The van der Waals surface area contributed by atoms with Gasteiger partial charge >= 0.3 is 5.97 Å². The highest BCUT2D eigenvalue weighted by Crippen LogP contribution is 2.41. The summed E-state index contributed by atoms with van der Waals surface area (Å²) in [5.41, 5.74) is -0.00610. The molecule has 0 unspecified atom stereocenters. The van der Waals surface area contributed by atoms with Crippen LogP contribution in [0.15, 0.2) is 36.4 Å². The van der Waals surface area contributed by atoms with Gasteiger partial charge in [0.15, 0.2) is 11.6 Å². The summed E-state index contributed by atoms with van der Waals surface area (Å²) >= 11 is 5.90. The van der Waals surface area contributed by atoms with Crippen LogP contribution in [0.2, 0.25) is 5.02 Å². The highest BCUT2D eigenvalue weighted by Gasteiger charge is 2.40. The summed E-state index contributed by atoms with van der Waals surface area (Å²) < 4.78 is 15.5. The maximum Gasteiger partial charge on any atom is 0.313 e. The smallest absolute Gasteiger partial charge is 0.313 e. The Labute approximate surface area is 172 Å². The summed E-state index contributed by atoms with van der Waals surface area (Å²) in [7, 11) is 0. The lowest BCUT2D eigenvalue weighted by Crippen LogP contribution is -2.33. The number of hydrogen-bond donors (Lipinski definition) is 2. The second kappa shape index (κ2) is 7.52. The number of aromatic hydroxyl groups is 1. The van der Waals surface area contributed by atoms with Gasteiger partial charge in [-0.1, -0.05) is 24.9 Å². The Balaban J connectivity index is 2.38. The van der Waals surface area contributed by atoms with Crippen molar-refractivity contribution in [1.82, 2.24) is 4.57 Å². The van der Waals surface area contributed by atoms with Crippen molar-refractivity contribution in [2.45, 2.75) is 39.0 Å². The Morgan fingerprint density at radius 3 is 2.38 bits per heavy atom. The molecule has 0 fully saturated rings. The number of carbonyl (C=O) groups is 2. The van der Waals surface area contributed by atoms with E-state index in [0.717, 1.165) is 6.07 Å². The summed E-state index contributed by atoms with van der Waals surface area (Å²) in [5, 5.41) is 20.7. The number of carboxylic acid groups (broad SMARTS) is 1. The molecule has 7 heteroatoms. The van der Waals surface area contributed by atoms with Crippen molar-refractivity contribution >= 4 is 34.4 Å². The van der Waals surface area contributed by atoms with Gasteiger partial charge < -0.3 is 10.2 Å². The Morgan fingerprint density at radius 1 is 1.21 bits per heavy atom. The van der Waals surface area contributed by atoms with Crippen molar-refractivity contribution in [3.63, 3.8) is 0 Å². The average molecular weight is 418 g/mol. The summed E-state index contributed by atoms with van der Waals surface area (Å²) in [5.74, 6) is -2.98. The van der Waals surface area contributed by atoms with Crippen LogP contribution in [-0.2, 0) is 10.2 Å². The molecule has 1 aromatic heterocycles. The van der Waals surface area contributed by atoms with Gasteiger partial charge in [-0.15, -0.1) is 0 Å². The van der Waals surface area contributed by atoms with E-state index < -0.39 is 28.9 Å².